The number of rotatable bonds is 11. The van der Waals surface area contributed by atoms with Gasteiger partial charge in [0.2, 0.25) is 5.91 Å². The first-order chi connectivity index (χ1) is 23.4. The number of carbonyl (C=O) groups excluding carboxylic acids is 3. The van der Waals surface area contributed by atoms with Crippen molar-refractivity contribution in [3.63, 3.8) is 0 Å². The topological polar surface area (TPSA) is 100 Å². The molecule has 48 heavy (non-hydrogen) atoms. The van der Waals surface area contributed by atoms with Gasteiger partial charge in [0.1, 0.15) is 16.8 Å². The summed E-state index contributed by atoms with van der Waals surface area (Å²) in [4.78, 5) is 46.6. The van der Waals surface area contributed by atoms with E-state index in [4.69, 9.17) is 0 Å². The van der Waals surface area contributed by atoms with Crippen molar-refractivity contribution < 1.29 is 18.8 Å². The number of halogens is 1. The van der Waals surface area contributed by atoms with E-state index in [1.54, 1.807) is 59.9 Å². The molecule has 2 heterocycles. The summed E-state index contributed by atoms with van der Waals surface area (Å²) in [6.07, 6.45) is 1.48. The lowest BCUT2D eigenvalue weighted by atomic mass is 10.1. The average Bonchev–Trinajstić information content (AvgIpc) is 3.82. The van der Waals surface area contributed by atoms with Crippen LogP contribution < -0.4 is 16.0 Å². The van der Waals surface area contributed by atoms with Gasteiger partial charge in [0.15, 0.2) is 5.13 Å². The molecule has 3 amide bonds. The maximum atomic E-state index is 13.7. The van der Waals surface area contributed by atoms with E-state index in [9.17, 15) is 18.8 Å². The van der Waals surface area contributed by atoms with Gasteiger partial charge in [-0.15, -0.1) is 34.4 Å². The second-order valence-corrected chi connectivity index (χ2v) is 13.3. The summed E-state index contributed by atoms with van der Waals surface area (Å²) < 4.78 is 13.6. The van der Waals surface area contributed by atoms with Crippen LogP contribution in [0, 0.1) is 5.82 Å². The van der Waals surface area contributed by atoms with Crippen LogP contribution in [0.4, 0.5) is 15.2 Å². The average molecular weight is 691 g/mol. The number of nitrogens with zero attached hydrogens (tertiary/aromatic N) is 1. The predicted molar refractivity (Wildman–Crippen MR) is 192 cm³/mol. The number of anilines is 2. The van der Waals surface area contributed by atoms with Crippen molar-refractivity contribution in [3.05, 3.63) is 160 Å². The Labute approximate surface area is 288 Å². The second kappa shape index (κ2) is 15.5. The summed E-state index contributed by atoms with van der Waals surface area (Å²) in [5, 5.41) is 12.3. The Morgan fingerprint density at radius 3 is 2.27 bits per heavy atom. The van der Waals surface area contributed by atoms with Crippen molar-refractivity contribution in [3.8, 4) is 10.6 Å². The lowest BCUT2D eigenvalue weighted by molar-refractivity contribution is -0.116. The number of benzene rings is 4. The third kappa shape index (κ3) is 8.51. The minimum atomic E-state index is -0.620. The number of hydrogen-bond donors (Lipinski definition) is 3. The predicted octanol–water partition coefficient (Wildman–Crippen LogP) is 8.89. The van der Waals surface area contributed by atoms with Crippen LogP contribution in [-0.2, 0) is 9.59 Å². The molecule has 0 radical (unpaired) electrons. The smallest absolute Gasteiger partial charge is 0.272 e. The summed E-state index contributed by atoms with van der Waals surface area (Å²) in [6, 6.07) is 34.6. The monoisotopic (exact) mass is 690 g/mol. The molecule has 2 aromatic heterocycles. The molecule has 6 aromatic rings. The Morgan fingerprint density at radius 1 is 0.792 bits per heavy atom. The summed E-state index contributed by atoms with van der Waals surface area (Å²) in [5.41, 5.74) is 2.94. The van der Waals surface area contributed by atoms with Crippen LogP contribution in [0.15, 0.2) is 143 Å². The molecule has 0 aliphatic heterocycles. The fraction of sp³-hybridized carbons (Fsp3) is 0.0270. The van der Waals surface area contributed by atoms with Gasteiger partial charge >= 0.3 is 0 Å². The molecule has 0 spiro atoms. The van der Waals surface area contributed by atoms with Crippen molar-refractivity contribution in [2.45, 2.75) is 10.1 Å². The quantitative estimate of drug-likeness (QED) is 0.0932. The largest absolute Gasteiger partial charge is 0.321 e. The van der Waals surface area contributed by atoms with E-state index in [1.807, 2.05) is 59.3 Å². The highest BCUT2D eigenvalue weighted by Crippen LogP contribution is 2.38. The van der Waals surface area contributed by atoms with Crippen molar-refractivity contribution in [1.82, 2.24) is 10.3 Å². The number of thiophene rings is 1. The van der Waals surface area contributed by atoms with Gasteiger partial charge in [-0.25, -0.2) is 9.37 Å². The molecule has 1 unspecified atom stereocenters. The number of thiazole rings is 1. The Hall–Kier alpha value is -5.36. The summed E-state index contributed by atoms with van der Waals surface area (Å²) in [7, 11) is 0. The summed E-state index contributed by atoms with van der Waals surface area (Å²) >= 11 is 4.28. The van der Waals surface area contributed by atoms with Crippen LogP contribution in [-0.4, -0.2) is 22.7 Å². The van der Waals surface area contributed by atoms with Gasteiger partial charge in [-0.2, -0.15) is 0 Å². The lowest BCUT2D eigenvalue weighted by Gasteiger charge is -2.17. The Bertz CT molecular complexity index is 2050. The molecule has 3 N–H and O–H groups in total. The highest BCUT2D eigenvalue weighted by Gasteiger charge is 2.24. The van der Waals surface area contributed by atoms with Gasteiger partial charge in [0.05, 0.1) is 10.6 Å². The lowest BCUT2D eigenvalue weighted by Crippen LogP contribution is -2.30. The molecule has 7 nitrogen and oxygen atoms in total. The molecule has 0 fully saturated rings. The zero-order valence-corrected chi connectivity index (χ0v) is 27.6. The Balaban J connectivity index is 1.21. The molecule has 4 aromatic carbocycles. The number of thioether (sulfide) groups is 1. The van der Waals surface area contributed by atoms with Crippen molar-refractivity contribution in [2.75, 3.05) is 10.6 Å². The van der Waals surface area contributed by atoms with E-state index in [1.165, 1.54) is 53.4 Å². The molecule has 0 saturated carbocycles. The van der Waals surface area contributed by atoms with Gasteiger partial charge in [0, 0.05) is 21.5 Å². The molecule has 1 atom stereocenters. The van der Waals surface area contributed by atoms with Crippen LogP contribution in [0.25, 0.3) is 16.6 Å². The molecule has 6 rings (SSSR count). The number of amides is 3. The molecule has 0 aliphatic rings. The standard InChI is InChI=1S/C37H27FN4O3S3/c38-27-18-16-24(17-19-27)21-30(40-34(43)26-11-5-2-6-12-26)35(44)39-28-13-7-14-29(22-28)48-33(25-9-3-1-4-10-25)36(45)42-37-41-31(23-47-37)32-15-8-20-46-32/h1-23,33H,(H,39,44)(H,40,43)(H,41,42,45)/b30-21-. The van der Waals surface area contributed by atoms with Crippen LogP contribution in [0.3, 0.4) is 0 Å². The molecule has 0 aliphatic carbocycles. The van der Waals surface area contributed by atoms with Crippen LogP contribution in [0.2, 0.25) is 0 Å². The first kappa shape index (κ1) is 32.6. The fourth-order valence-corrected chi connectivity index (χ4v) is 7.15. The van der Waals surface area contributed by atoms with Crippen molar-refractivity contribution >= 4 is 69.1 Å². The van der Waals surface area contributed by atoms with E-state index >= 15 is 0 Å². The van der Waals surface area contributed by atoms with E-state index in [0.717, 1.165) is 21.0 Å². The normalized spacial score (nSPS) is 11.8. The third-order valence-electron chi connectivity index (χ3n) is 6.90. The minimum absolute atomic E-state index is 0.0274. The van der Waals surface area contributed by atoms with Gasteiger partial charge in [0.25, 0.3) is 11.8 Å². The third-order valence-corrected chi connectivity index (χ3v) is 9.80. The van der Waals surface area contributed by atoms with Gasteiger partial charge < -0.3 is 16.0 Å². The summed E-state index contributed by atoms with van der Waals surface area (Å²) in [5.74, 6) is -1.70. The maximum Gasteiger partial charge on any atom is 0.272 e. The van der Waals surface area contributed by atoms with E-state index in [0.29, 0.717) is 21.9 Å². The van der Waals surface area contributed by atoms with Crippen LogP contribution in [0.5, 0.6) is 0 Å². The van der Waals surface area contributed by atoms with Gasteiger partial charge in [-0.05, 0) is 71.1 Å². The van der Waals surface area contributed by atoms with Gasteiger partial charge in [-0.1, -0.05) is 72.8 Å². The molecular weight excluding hydrogens is 664 g/mol. The number of nitrogens with one attached hydrogen (secondary N) is 3. The molecule has 238 valence electrons. The SMILES string of the molecule is O=C(Nc1cccc(SC(C(=O)Nc2nc(-c3cccs3)cs2)c2ccccc2)c1)/C(=C/c1ccc(F)cc1)NC(=O)c1ccccc1. The fourth-order valence-electron chi connectivity index (χ4n) is 4.59. The van der Waals surface area contributed by atoms with E-state index in [2.05, 4.69) is 20.9 Å². The van der Waals surface area contributed by atoms with Crippen molar-refractivity contribution in [2.24, 2.45) is 0 Å². The molecular formula is C37H27FN4O3S3. The minimum Gasteiger partial charge on any atom is -0.321 e. The Morgan fingerprint density at radius 2 is 1.54 bits per heavy atom. The highest BCUT2D eigenvalue weighted by molar-refractivity contribution is 8.00. The zero-order chi connectivity index (χ0) is 33.3. The van der Waals surface area contributed by atoms with Crippen LogP contribution >= 0.6 is 34.4 Å². The first-order valence-electron chi connectivity index (χ1n) is 14.7. The van der Waals surface area contributed by atoms with Crippen LogP contribution in [0.1, 0.15) is 26.7 Å². The first-order valence-corrected chi connectivity index (χ1v) is 17.3. The van der Waals surface area contributed by atoms with E-state index in [-0.39, 0.29) is 11.6 Å². The Kier molecular flexibility index (Phi) is 10.5. The van der Waals surface area contributed by atoms with E-state index < -0.39 is 22.9 Å². The van der Waals surface area contributed by atoms with Gasteiger partial charge in [-0.3, -0.25) is 14.4 Å². The molecule has 0 saturated heterocycles. The number of aromatic nitrogens is 1. The molecule has 11 heteroatoms. The summed E-state index contributed by atoms with van der Waals surface area (Å²) in [6.45, 7) is 0. The highest BCUT2D eigenvalue weighted by atomic mass is 32.2. The number of hydrogen-bond acceptors (Lipinski definition) is 7. The zero-order valence-electron chi connectivity index (χ0n) is 25.1. The molecule has 0 bridgehead atoms. The number of carbonyl (C=O) groups is 3. The van der Waals surface area contributed by atoms with Crippen molar-refractivity contribution in [1.29, 1.82) is 0 Å². The maximum absolute atomic E-state index is 13.7. The second-order valence-electron chi connectivity index (χ2n) is 10.3.